The van der Waals surface area contributed by atoms with Crippen LogP contribution in [0.15, 0.2) is 48.5 Å². The third kappa shape index (κ3) is 3.66. The highest BCUT2D eigenvalue weighted by molar-refractivity contribution is 5.90. The van der Waals surface area contributed by atoms with Gasteiger partial charge in [0.15, 0.2) is 11.5 Å². The first-order chi connectivity index (χ1) is 15.3. The molecule has 2 heterocycles. The average Bonchev–Trinajstić information content (AvgIpc) is 3.10. The zero-order chi connectivity index (χ0) is 22.5. The van der Waals surface area contributed by atoms with Crippen LogP contribution < -0.4 is 19.5 Å². The smallest absolute Gasteiger partial charge is 0.228 e. The predicted molar refractivity (Wildman–Crippen MR) is 125 cm³/mol. The maximum absolute atomic E-state index is 13.3. The topological polar surface area (TPSA) is 56.8 Å². The Morgan fingerprint density at radius 2 is 1.91 bits per heavy atom. The van der Waals surface area contributed by atoms with Crippen molar-refractivity contribution < 1.29 is 19.0 Å². The van der Waals surface area contributed by atoms with Gasteiger partial charge in [-0.15, -0.1) is 0 Å². The van der Waals surface area contributed by atoms with E-state index < -0.39 is 0 Å². The zero-order valence-electron chi connectivity index (χ0n) is 19.0. The highest BCUT2D eigenvalue weighted by Crippen LogP contribution is 2.44. The lowest BCUT2D eigenvalue weighted by atomic mass is 9.89. The van der Waals surface area contributed by atoms with Crippen LogP contribution in [0.1, 0.15) is 55.8 Å². The van der Waals surface area contributed by atoms with E-state index in [-0.39, 0.29) is 23.5 Å². The molecule has 0 fully saturated rings. The Hall–Kier alpha value is -3.21. The first kappa shape index (κ1) is 20.7. The molecular weight excluding hydrogens is 402 g/mol. The second-order valence-corrected chi connectivity index (χ2v) is 9.41. The van der Waals surface area contributed by atoms with Crippen LogP contribution in [-0.4, -0.2) is 25.2 Å². The number of carbonyl (C=O) groups is 1. The van der Waals surface area contributed by atoms with Crippen molar-refractivity contribution in [2.45, 2.75) is 51.2 Å². The number of benzene rings is 3. The number of hydrogen-bond acceptors (Lipinski definition) is 4. The number of rotatable bonds is 4. The summed E-state index contributed by atoms with van der Waals surface area (Å²) in [4.78, 5) is 13.3. The molecule has 0 aromatic heterocycles. The van der Waals surface area contributed by atoms with Gasteiger partial charge in [-0.25, -0.2) is 0 Å². The number of amides is 1. The Bertz CT molecular complexity index is 1200. The largest absolute Gasteiger partial charge is 0.493 e. The summed E-state index contributed by atoms with van der Waals surface area (Å²) in [7, 11) is 1.65. The first-order valence-corrected chi connectivity index (χ1v) is 11.2. The van der Waals surface area contributed by atoms with Crippen molar-refractivity contribution in [2.24, 2.45) is 0 Å². The Morgan fingerprint density at radius 1 is 1.16 bits per heavy atom. The molecule has 5 nitrogen and oxygen atoms in total. The molecular formula is C27H29NO4. The summed E-state index contributed by atoms with van der Waals surface area (Å²) in [5.74, 6) is 2.12. The summed E-state index contributed by atoms with van der Waals surface area (Å²) in [6, 6.07) is 16.2. The van der Waals surface area contributed by atoms with Crippen LogP contribution >= 0.6 is 0 Å². The molecule has 2 unspecified atom stereocenters. The minimum absolute atomic E-state index is 0.0216. The minimum Gasteiger partial charge on any atom is -0.493 e. The molecule has 3 aromatic rings. The molecule has 2 aliphatic rings. The van der Waals surface area contributed by atoms with Crippen LogP contribution in [0.3, 0.4) is 0 Å². The van der Waals surface area contributed by atoms with Gasteiger partial charge >= 0.3 is 0 Å². The fourth-order valence-electron chi connectivity index (χ4n) is 4.85. The summed E-state index contributed by atoms with van der Waals surface area (Å²) in [6.45, 7) is 6.70. The fourth-order valence-corrected chi connectivity index (χ4v) is 4.85. The van der Waals surface area contributed by atoms with Gasteiger partial charge in [-0.1, -0.05) is 24.3 Å². The van der Waals surface area contributed by atoms with Gasteiger partial charge in [0, 0.05) is 17.5 Å². The Kier molecular flexibility index (Phi) is 5.00. The number of fused-ring (bicyclic) bond motifs is 3. The van der Waals surface area contributed by atoms with Crippen LogP contribution in [0, 0.1) is 0 Å². The maximum atomic E-state index is 13.3. The van der Waals surface area contributed by atoms with Crippen LogP contribution in [-0.2, 0) is 11.2 Å². The summed E-state index contributed by atoms with van der Waals surface area (Å²) in [5.41, 5.74) is 2.84. The van der Waals surface area contributed by atoms with Crippen LogP contribution in [0.4, 0.5) is 0 Å². The highest BCUT2D eigenvalue weighted by atomic mass is 16.5. The molecule has 2 atom stereocenters. The van der Waals surface area contributed by atoms with Crippen LogP contribution in [0.25, 0.3) is 10.8 Å². The fraction of sp³-hybridized carbons (Fsp3) is 0.370. The predicted octanol–water partition coefficient (Wildman–Crippen LogP) is 5.31. The van der Waals surface area contributed by atoms with Crippen molar-refractivity contribution in [3.8, 4) is 17.2 Å². The molecule has 0 aliphatic carbocycles. The van der Waals surface area contributed by atoms with E-state index in [1.165, 1.54) is 0 Å². The lowest BCUT2D eigenvalue weighted by Crippen LogP contribution is -2.34. The van der Waals surface area contributed by atoms with Crippen molar-refractivity contribution in [3.05, 3.63) is 65.2 Å². The second-order valence-electron chi connectivity index (χ2n) is 9.41. The van der Waals surface area contributed by atoms with Gasteiger partial charge in [0.2, 0.25) is 5.91 Å². The molecule has 32 heavy (non-hydrogen) atoms. The van der Waals surface area contributed by atoms with Gasteiger partial charge in [0.25, 0.3) is 0 Å². The van der Waals surface area contributed by atoms with Crippen molar-refractivity contribution in [2.75, 3.05) is 13.7 Å². The van der Waals surface area contributed by atoms with Gasteiger partial charge in [-0.3, -0.25) is 4.79 Å². The molecule has 5 rings (SSSR count). The minimum atomic E-state index is -0.255. The molecule has 0 saturated heterocycles. The molecule has 0 spiro atoms. The van der Waals surface area contributed by atoms with Gasteiger partial charge in [0.1, 0.15) is 11.4 Å². The number of carbonyl (C=O) groups excluding carboxylic acids is 1. The SMILES string of the molecule is COc1cc(C(C)NC(=O)C2CCOc3cc4ccccc4cc32)cc2c1OC(C)(C)C2. The molecule has 0 bridgehead atoms. The molecule has 1 N–H and O–H groups in total. The van der Waals surface area contributed by atoms with Crippen LogP contribution in [0.2, 0.25) is 0 Å². The molecule has 5 heteroatoms. The number of ether oxygens (including phenoxy) is 3. The number of hydrogen-bond donors (Lipinski definition) is 1. The molecule has 0 saturated carbocycles. The lowest BCUT2D eigenvalue weighted by Gasteiger charge is -2.27. The molecule has 166 valence electrons. The monoisotopic (exact) mass is 431 g/mol. The normalized spacial score (nSPS) is 19.3. The third-order valence-electron chi connectivity index (χ3n) is 6.46. The van der Waals surface area contributed by atoms with E-state index >= 15 is 0 Å². The average molecular weight is 432 g/mol. The summed E-state index contributed by atoms with van der Waals surface area (Å²) >= 11 is 0. The van der Waals surface area contributed by atoms with E-state index in [0.29, 0.717) is 18.8 Å². The van der Waals surface area contributed by atoms with E-state index in [2.05, 4.69) is 43.4 Å². The molecule has 2 aliphatic heterocycles. The summed E-state index contributed by atoms with van der Waals surface area (Å²) in [6.07, 6.45) is 1.48. The van der Waals surface area contributed by atoms with E-state index in [1.54, 1.807) is 7.11 Å². The standard InChI is InChI=1S/C27H29NO4/c1-16(19-11-20-15-27(2,3)32-25(20)24(14-19)30-4)28-26(29)21-9-10-31-23-13-18-8-6-5-7-17(18)12-22(21)23/h5-8,11-14,16,21H,9-10,15H2,1-4H3,(H,28,29). The van der Waals surface area contributed by atoms with Gasteiger partial charge in [-0.05, 0) is 67.8 Å². The molecule has 1 amide bonds. The van der Waals surface area contributed by atoms with E-state index in [0.717, 1.165) is 45.4 Å². The number of nitrogens with one attached hydrogen (secondary N) is 1. The lowest BCUT2D eigenvalue weighted by molar-refractivity contribution is -0.123. The zero-order valence-corrected chi connectivity index (χ0v) is 19.0. The molecule has 3 aromatic carbocycles. The van der Waals surface area contributed by atoms with E-state index in [4.69, 9.17) is 14.2 Å². The summed E-state index contributed by atoms with van der Waals surface area (Å²) in [5, 5.41) is 5.47. The van der Waals surface area contributed by atoms with Crippen molar-refractivity contribution in [3.63, 3.8) is 0 Å². The quantitative estimate of drug-likeness (QED) is 0.609. The van der Waals surface area contributed by atoms with Crippen molar-refractivity contribution in [1.82, 2.24) is 5.32 Å². The van der Waals surface area contributed by atoms with Gasteiger partial charge in [-0.2, -0.15) is 0 Å². The molecule has 0 radical (unpaired) electrons. The Labute approximate surface area is 188 Å². The first-order valence-electron chi connectivity index (χ1n) is 11.2. The van der Waals surface area contributed by atoms with E-state index in [1.807, 2.05) is 31.2 Å². The maximum Gasteiger partial charge on any atom is 0.228 e. The third-order valence-corrected chi connectivity index (χ3v) is 6.46. The second kappa shape index (κ2) is 7.73. The number of methoxy groups -OCH3 is 1. The van der Waals surface area contributed by atoms with Crippen molar-refractivity contribution in [1.29, 1.82) is 0 Å². The van der Waals surface area contributed by atoms with Crippen molar-refractivity contribution >= 4 is 16.7 Å². The summed E-state index contributed by atoms with van der Waals surface area (Å²) < 4.78 is 17.6. The van der Waals surface area contributed by atoms with Gasteiger partial charge in [0.05, 0.1) is 25.7 Å². The van der Waals surface area contributed by atoms with E-state index in [9.17, 15) is 4.79 Å². The van der Waals surface area contributed by atoms with Gasteiger partial charge < -0.3 is 19.5 Å². The Balaban J connectivity index is 1.40. The van der Waals surface area contributed by atoms with Crippen LogP contribution in [0.5, 0.6) is 17.2 Å². The Morgan fingerprint density at radius 3 is 2.66 bits per heavy atom. The highest BCUT2D eigenvalue weighted by Gasteiger charge is 2.34.